The predicted octanol–water partition coefficient (Wildman–Crippen LogP) is 1.41. The largest absolute Gasteiger partial charge is 0.484 e. The molecule has 0 spiro atoms. The number of rotatable bonds is 5. The Morgan fingerprint density at radius 3 is 2.56 bits per heavy atom. The van der Waals surface area contributed by atoms with Gasteiger partial charge in [0, 0.05) is 19.6 Å². The molecule has 98 valence electrons. The summed E-state index contributed by atoms with van der Waals surface area (Å²) in [7, 11) is 1.92. The first-order valence-corrected chi connectivity index (χ1v) is 6.44. The van der Waals surface area contributed by atoms with Crippen molar-refractivity contribution in [2.45, 2.75) is 19.4 Å². The number of carbonyl (C=O) groups excluding carboxylic acids is 1. The minimum absolute atomic E-state index is 0.0896. The molecule has 0 unspecified atom stereocenters. The Bertz CT molecular complexity index is 383. The highest BCUT2D eigenvalue weighted by molar-refractivity contribution is 5.78. The van der Waals surface area contributed by atoms with Crippen molar-refractivity contribution < 1.29 is 9.53 Å². The second kappa shape index (κ2) is 6.40. The molecule has 1 aromatic rings. The number of hydrogen-bond acceptors (Lipinski definition) is 3. The van der Waals surface area contributed by atoms with E-state index in [1.807, 2.05) is 36.2 Å². The van der Waals surface area contributed by atoms with Gasteiger partial charge in [-0.05, 0) is 37.6 Å². The minimum atomic E-state index is 0.0896. The summed E-state index contributed by atoms with van der Waals surface area (Å²) in [4.78, 5) is 13.6. The first kappa shape index (κ1) is 12.9. The Hall–Kier alpha value is -1.55. The van der Waals surface area contributed by atoms with E-state index in [1.165, 1.54) is 5.56 Å². The maximum atomic E-state index is 11.8. The van der Waals surface area contributed by atoms with Crippen molar-refractivity contribution in [2.75, 3.05) is 26.7 Å². The van der Waals surface area contributed by atoms with Gasteiger partial charge in [0.1, 0.15) is 5.75 Å². The van der Waals surface area contributed by atoms with E-state index in [9.17, 15) is 4.79 Å². The van der Waals surface area contributed by atoms with Crippen molar-refractivity contribution in [2.24, 2.45) is 0 Å². The molecule has 4 heteroatoms. The van der Waals surface area contributed by atoms with Crippen molar-refractivity contribution in [3.63, 3.8) is 0 Å². The third-order valence-corrected chi connectivity index (χ3v) is 3.13. The third kappa shape index (κ3) is 3.47. The fraction of sp³-hybridized carbons (Fsp3) is 0.500. The van der Waals surface area contributed by atoms with Gasteiger partial charge in [-0.2, -0.15) is 0 Å². The van der Waals surface area contributed by atoms with Crippen molar-refractivity contribution in [3.05, 3.63) is 29.8 Å². The summed E-state index contributed by atoms with van der Waals surface area (Å²) in [6, 6.07) is 7.83. The van der Waals surface area contributed by atoms with Crippen LogP contribution >= 0.6 is 0 Å². The van der Waals surface area contributed by atoms with Gasteiger partial charge in [-0.25, -0.2) is 0 Å². The van der Waals surface area contributed by atoms with Gasteiger partial charge >= 0.3 is 0 Å². The van der Waals surface area contributed by atoms with E-state index in [1.54, 1.807) is 0 Å². The number of ether oxygens (including phenoxy) is 1. The Morgan fingerprint density at radius 1 is 1.28 bits per heavy atom. The van der Waals surface area contributed by atoms with Crippen molar-refractivity contribution in [3.8, 4) is 5.75 Å². The van der Waals surface area contributed by atoms with Crippen LogP contribution in [0.1, 0.15) is 18.4 Å². The Balaban J connectivity index is 1.80. The summed E-state index contributed by atoms with van der Waals surface area (Å²) in [6.07, 6.45) is 2.23. The molecule has 1 fully saturated rings. The molecule has 0 atom stereocenters. The molecule has 1 aromatic carbocycles. The van der Waals surface area contributed by atoms with Gasteiger partial charge in [-0.3, -0.25) is 4.79 Å². The fourth-order valence-corrected chi connectivity index (χ4v) is 2.11. The number of nitrogens with zero attached hydrogens (tertiary/aromatic N) is 1. The van der Waals surface area contributed by atoms with Gasteiger partial charge in [-0.1, -0.05) is 12.1 Å². The molecule has 0 saturated carbocycles. The van der Waals surface area contributed by atoms with Gasteiger partial charge in [0.05, 0.1) is 0 Å². The van der Waals surface area contributed by atoms with Gasteiger partial charge in [0.25, 0.3) is 5.91 Å². The number of amides is 1. The lowest BCUT2D eigenvalue weighted by Gasteiger charge is -2.15. The normalized spacial score (nSPS) is 14.8. The van der Waals surface area contributed by atoms with E-state index in [4.69, 9.17) is 4.74 Å². The molecule has 1 amide bonds. The van der Waals surface area contributed by atoms with Crippen LogP contribution in [0.25, 0.3) is 0 Å². The van der Waals surface area contributed by atoms with Crippen LogP contribution in [0.3, 0.4) is 0 Å². The highest BCUT2D eigenvalue weighted by Crippen LogP contribution is 2.13. The summed E-state index contributed by atoms with van der Waals surface area (Å²) >= 11 is 0. The molecule has 4 nitrogen and oxygen atoms in total. The third-order valence-electron chi connectivity index (χ3n) is 3.13. The van der Waals surface area contributed by atoms with Crippen LogP contribution in [-0.4, -0.2) is 37.6 Å². The molecule has 0 aromatic heterocycles. The molecular formula is C14H20N2O2. The molecule has 0 bridgehead atoms. The zero-order valence-electron chi connectivity index (χ0n) is 10.8. The van der Waals surface area contributed by atoms with E-state index in [0.717, 1.165) is 38.2 Å². The zero-order chi connectivity index (χ0) is 12.8. The molecule has 2 rings (SSSR count). The molecule has 18 heavy (non-hydrogen) atoms. The molecular weight excluding hydrogens is 228 g/mol. The van der Waals surface area contributed by atoms with Crippen LogP contribution in [0.5, 0.6) is 5.75 Å². The second-order valence-corrected chi connectivity index (χ2v) is 4.55. The maximum Gasteiger partial charge on any atom is 0.260 e. The molecule has 0 radical (unpaired) electrons. The number of nitrogens with one attached hydrogen (secondary N) is 1. The lowest BCUT2D eigenvalue weighted by atomic mass is 10.2. The minimum Gasteiger partial charge on any atom is -0.484 e. The van der Waals surface area contributed by atoms with Gasteiger partial charge in [0.2, 0.25) is 0 Å². The van der Waals surface area contributed by atoms with Gasteiger partial charge in [-0.15, -0.1) is 0 Å². The van der Waals surface area contributed by atoms with Crippen LogP contribution in [-0.2, 0) is 11.3 Å². The average Bonchev–Trinajstić information content (AvgIpc) is 2.92. The molecule has 1 N–H and O–H groups in total. The van der Waals surface area contributed by atoms with E-state index in [-0.39, 0.29) is 12.5 Å². The molecule has 1 aliphatic rings. The summed E-state index contributed by atoms with van der Waals surface area (Å²) < 4.78 is 5.50. The Labute approximate surface area is 108 Å². The number of carbonyl (C=O) groups is 1. The molecule has 1 saturated heterocycles. The SMILES string of the molecule is CNCc1ccc(OCC(=O)N2CCCC2)cc1. The summed E-state index contributed by atoms with van der Waals surface area (Å²) in [5.74, 6) is 0.842. The van der Waals surface area contributed by atoms with Gasteiger partial charge in [0.15, 0.2) is 6.61 Å². The first-order chi connectivity index (χ1) is 8.79. The standard InChI is InChI=1S/C14H20N2O2/c1-15-10-12-4-6-13(7-5-12)18-11-14(17)16-8-2-3-9-16/h4-7,15H,2-3,8-11H2,1H3. The van der Waals surface area contributed by atoms with Gasteiger partial charge < -0.3 is 15.0 Å². The lowest BCUT2D eigenvalue weighted by Crippen LogP contribution is -2.32. The monoisotopic (exact) mass is 248 g/mol. The molecule has 0 aliphatic carbocycles. The summed E-state index contributed by atoms with van der Waals surface area (Å²) in [5.41, 5.74) is 1.20. The predicted molar refractivity (Wildman–Crippen MR) is 70.5 cm³/mol. The van der Waals surface area contributed by atoms with Crippen LogP contribution in [0.2, 0.25) is 0 Å². The van der Waals surface area contributed by atoms with E-state index < -0.39 is 0 Å². The van der Waals surface area contributed by atoms with Crippen LogP contribution in [0.15, 0.2) is 24.3 Å². The van der Waals surface area contributed by atoms with Crippen molar-refractivity contribution in [1.29, 1.82) is 0 Å². The van der Waals surface area contributed by atoms with Crippen LogP contribution in [0, 0.1) is 0 Å². The van der Waals surface area contributed by atoms with Crippen molar-refractivity contribution in [1.82, 2.24) is 10.2 Å². The summed E-state index contributed by atoms with van der Waals surface area (Å²) in [5, 5.41) is 3.09. The lowest BCUT2D eigenvalue weighted by molar-refractivity contribution is -0.132. The Morgan fingerprint density at radius 2 is 1.94 bits per heavy atom. The smallest absolute Gasteiger partial charge is 0.260 e. The quantitative estimate of drug-likeness (QED) is 0.856. The highest BCUT2D eigenvalue weighted by Gasteiger charge is 2.17. The summed E-state index contributed by atoms with van der Waals surface area (Å²) in [6.45, 7) is 2.74. The van der Waals surface area contributed by atoms with Crippen LogP contribution in [0.4, 0.5) is 0 Å². The maximum absolute atomic E-state index is 11.8. The Kier molecular flexibility index (Phi) is 4.59. The van der Waals surface area contributed by atoms with Crippen LogP contribution < -0.4 is 10.1 Å². The average molecular weight is 248 g/mol. The topological polar surface area (TPSA) is 41.6 Å². The fourth-order valence-electron chi connectivity index (χ4n) is 2.11. The zero-order valence-corrected chi connectivity index (χ0v) is 10.8. The van der Waals surface area contributed by atoms with E-state index in [2.05, 4.69) is 5.32 Å². The van der Waals surface area contributed by atoms with Crippen molar-refractivity contribution >= 4 is 5.91 Å². The first-order valence-electron chi connectivity index (χ1n) is 6.44. The highest BCUT2D eigenvalue weighted by atomic mass is 16.5. The van der Waals surface area contributed by atoms with E-state index >= 15 is 0 Å². The number of likely N-dealkylation sites (tertiary alicyclic amines) is 1. The van der Waals surface area contributed by atoms with E-state index in [0.29, 0.717) is 0 Å². The molecule has 1 aliphatic heterocycles. The number of benzene rings is 1. The molecule has 1 heterocycles. The second-order valence-electron chi connectivity index (χ2n) is 4.55. The number of hydrogen-bond donors (Lipinski definition) is 1.